The van der Waals surface area contributed by atoms with Crippen molar-refractivity contribution in [2.45, 2.75) is 6.92 Å². The van der Waals surface area contributed by atoms with Crippen LogP contribution in [0.15, 0.2) is 22.7 Å². The van der Waals surface area contributed by atoms with Gasteiger partial charge in [-0.05, 0) is 41.1 Å². The van der Waals surface area contributed by atoms with Crippen LogP contribution in [0.5, 0.6) is 5.75 Å². The van der Waals surface area contributed by atoms with E-state index in [9.17, 15) is 4.79 Å². The highest BCUT2D eigenvalue weighted by atomic mass is 79.9. The Labute approximate surface area is 91.1 Å². The van der Waals surface area contributed by atoms with Gasteiger partial charge in [0.05, 0.1) is 19.3 Å². The number of rotatable bonds is 3. The van der Waals surface area contributed by atoms with Crippen LogP contribution < -0.4 is 4.74 Å². The molecule has 0 amide bonds. The Morgan fingerprint density at radius 2 is 2.21 bits per heavy atom. The molecule has 0 heterocycles. The van der Waals surface area contributed by atoms with Crippen LogP contribution in [0.2, 0.25) is 0 Å². The van der Waals surface area contributed by atoms with E-state index in [1.807, 2.05) is 0 Å². The molecule has 0 saturated carbocycles. The molecule has 0 unspecified atom stereocenters. The van der Waals surface area contributed by atoms with E-state index in [1.54, 1.807) is 32.2 Å². The molecule has 0 aliphatic heterocycles. The van der Waals surface area contributed by atoms with Gasteiger partial charge < -0.3 is 9.47 Å². The van der Waals surface area contributed by atoms with E-state index in [-0.39, 0.29) is 5.97 Å². The van der Waals surface area contributed by atoms with Crippen molar-refractivity contribution in [1.29, 1.82) is 0 Å². The minimum Gasteiger partial charge on any atom is -0.497 e. The number of benzene rings is 1. The first-order valence-corrected chi connectivity index (χ1v) is 4.99. The fourth-order valence-electron chi connectivity index (χ4n) is 0.997. The average Bonchev–Trinajstić information content (AvgIpc) is 2.17. The van der Waals surface area contributed by atoms with Gasteiger partial charge in [-0.3, -0.25) is 0 Å². The lowest BCUT2D eigenvalue weighted by atomic mass is 10.2. The summed E-state index contributed by atoms with van der Waals surface area (Å²) >= 11 is 3.28. The second-order valence-electron chi connectivity index (χ2n) is 2.57. The molecule has 0 spiro atoms. The number of hydrogen-bond donors (Lipinski definition) is 0. The third-order valence-corrected chi connectivity index (χ3v) is 2.33. The minimum absolute atomic E-state index is 0.331. The van der Waals surface area contributed by atoms with Gasteiger partial charge in [0.2, 0.25) is 0 Å². The lowest BCUT2D eigenvalue weighted by Crippen LogP contribution is -2.05. The molecule has 1 aromatic carbocycles. The Bertz CT molecular complexity index is 336. The molecule has 0 aliphatic carbocycles. The highest BCUT2D eigenvalue weighted by Gasteiger charge is 2.11. The van der Waals surface area contributed by atoms with Gasteiger partial charge in [0.15, 0.2) is 0 Å². The van der Waals surface area contributed by atoms with Crippen LogP contribution in [-0.4, -0.2) is 19.7 Å². The van der Waals surface area contributed by atoms with Gasteiger partial charge in [-0.1, -0.05) is 0 Å². The van der Waals surface area contributed by atoms with Crippen molar-refractivity contribution < 1.29 is 14.3 Å². The molecule has 0 saturated heterocycles. The van der Waals surface area contributed by atoms with Gasteiger partial charge in [-0.15, -0.1) is 0 Å². The predicted molar refractivity (Wildman–Crippen MR) is 56.7 cm³/mol. The van der Waals surface area contributed by atoms with E-state index in [1.165, 1.54) is 0 Å². The first-order chi connectivity index (χ1) is 6.69. The maximum atomic E-state index is 11.4. The first-order valence-electron chi connectivity index (χ1n) is 4.19. The Morgan fingerprint density at radius 1 is 1.50 bits per heavy atom. The van der Waals surface area contributed by atoms with Gasteiger partial charge in [-0.25, -0.2) is 4.79 Å². The SMILES string of the molecule is CCOC(=O)c1ccc(OC)cc1Br. The van der Waals surface area contributed by atoms with E-state index in [0.717, 1.165) is 0 Å². The minimum atomic E-state index is -0.331. The molecule has 3 nitrogen and oxygen atoms in total. The summed E-state index contributed by atoms with van der Waals surface area (Å²) in [4.78, 5) is 11.4. The number of esters is 1. The molecule has 0 aliphatic rings. The molecular formula is C10H11BrO3. The Kier molecular flexibility index (Phi) is 3.95. The lowest BCUT2D eigenvalue weighted by molar-refractivity contribution is 0.0525. The van der Waals surface area contributed by atoms with E-state index >= 15 is 0 Å². The molecule has 0 radical (unpaired) electrons. The highest BCUT2D eigenvalue weighted by molar-refractivity contribution is 9.10. The molecule has 0 N–H and O–H groups in total. The number of hydrogen-bond acceptors (Lipinski definition) is 3. The van der Waals surface area contributed by atoms with Crippen molar-refractivity contribution in [1.82, 2.24) is 0 Å². The molecule has 1 rings (SSSR count). The third-order valence-electron chi connectivity index (χ3n) is 1.67. The van der Waals surface area contributed by atoms with E-state index in [2.05, 4.69) is 15.9 Å². The number of carbonyl (C=O) groups is 1. The zero-order chi connectivity index (χ0) is 10.6. The van der Waals surface area contributed by atoms with Gasteiger partial charge in [0.25, 0.3) is 0 Å². The number of carbonyl (C=O) groups excluding carboxylic acids is 1. The van der Waals surface area contributed by atoms with Crippen molar-refractivity contribution in [3.8, 4) is 5.75 Å². The predicted octanol–water partition coefficient (Wildman–Crippen LogP) is 2.63. The molecular weight excluding hydrogens is 248 g/mol. The zero-order valence-electron chi connectivity index (χ0n) is 8.04. The first kappa shape index (κ1) is 11.0. The third kappa shape index (κ3) is 2.48. The molecule has 14 heavy (non-hydrogen) atoms. The van der Waals surface area contributed by atoms with Crippen LogP contribution in [0.3, 0.4) is 0 Å². The number of methoxy groups -OCH3 is 1. The summed E-state index contributed by atoms with van der Waals surface area (Å²) in [6.45, 7) is 2.15. The van der Waals surface area contributed by atoms with Crippen LogP contribution in [0.25, 0.3) is 0 Å². The van der Waals surface area contributed by atoms with Crippen molar-refractivity contribution in [2.75, 3.05) is 13.7 Å². The van der Waals surface area contributed by atoms with Gasteiger partial charge >= 0.3 is 5.97 Å². The zero-order valence-corrected chi connectivity index (χ0v) is 9.63. The van der Waals surface area contributed by atoms with Crippen molar-refractivity contribution in [3.63, 3.8) is 0 Å². The van der Waals surface area contributed by atoms with E-state index in [0.29, 0.717) is 22.4 Å². The largest absolute Gasteiger partial charge is 0.497 e. The van der Waals surface area contributed by atoms with Crippen LogP contribution in [0.1, 0.15) is 17.3 Å². The van der Waals surface area contributed by atoms with Crippen LogP contribution in [-0.2, 0) is 4.74 Å². The van der Waals surface area contributed by atoms with Crippen LogP contribution in [0, 0.1) is 0 Å². The molecule has 4 heteroatoms. The summed E-state index contributed by atoms with van der Waals surface area (Å²) in [5.41, 5.74) is 0.507. The average molecular weight is 259 g/mol. The van der Waals surface area contributed by atoms with Crippen molar-refractivity contribution in [2.24, 2.45) is 0 Å². The van der Waals surface area contributed by atoms with E-state index in [4.69, 9.17) is 9.47 Å². The summed E-state index contributed by atoms with van der Waals surface area (Å²) in [6, 6.07) is 5.12. The molecule has 0 fully saturated rings. The maximum Gasteiger partial charge on any atom is 0.339 e. The Hall–Kier alpha value is -1.03. The fraction of sp³-hybridized carbons (Fsp3) is 0.300. The number of ether oxygens (including phenoxy) is 2. The Morgan fingerprint density at radius 3 is 2.71 bits per heavy atom. The molecule has 0 aromatic heterocycles. The van der Waals surface area contributed by atoms with Crippen LogP contribution in [0.4, 0.5) is 0 Å². The second-order valence-corrected chi connectivity index (χ2v) is 3.42. The van der Waals surface area contributed by atoms with Crippen LogP contribution >= 0.6 is 15.9 Å². The molecule has 1 aromatic rings. The van der Waals surface area contributed by atoms with Gasteiger partial charge in [-0.2, -0.15) is 0 Å². The Balaban J connectivity index is 2.94. The summed E-state index contributed by atoms with van der Waals surface area (Å²) < 4.78 is 10.6. The smallest absolute Gasteiger partial charge is 0.339 e. The fourth-order valence-corrected chi connectivity index (χ4v) is 1.52. The molecule has 76 valence electrons. The summed E-state index contributed by atoms with van der Waals surface area (Å²) in [6.07, 6.45) is 0. The van der Waals surface area contributed by atoms with Gasteiger partial charge in [0, 0.05) is 4.47 Å². The normalized spacial score (nSPS) is 9.64. The summed E-state index contributed by atoms with van der Waals surface area (Å²) in [5.74, 6) is 0.368. The topological polar surface area (TPSA) is 35.5 Å². The molecule has 0 bridgehead atoms. The second kappa shape index (κ2) is 5.00. The number of halogens is 1. The summed E-state index contributed by atoms with van der Waals surface area (Å²) in [5, 5.41) is 0. The highest BCUT2D eigenvalue weighted by Crippen LogP contribution is 2.23. The lowest BCUT2D eigenvalue weighted by Gasteiger charge is -2.05. The molecule has 0 atom stereocenters. The van der Waals surface area contributed by atoms with Crippen molar-refractivity contribution >= 4 is 21.9 Å². The standard InChI is InChI=1S/C10H11BrO3/c1-3-14-10(12)8-5-4-7(13-2)6-9(8)11/h4-6H,3H2,1-2H3. The maximum absolute atomic E-state index is 11.4. The van der Waals surface area contributed by atoms with Crippen molar-refractivity contribution in [3.05, 3.63) is 28.2 Å². The quantitative estimate of drug-likeness (QED) is 0.783. The summed E-state index contributed by atoms with van der Waals surface area (Å²) in [7, 11) is 1.58. The van der Waals surface area contributed by atoms with E-state index < -0.39 is 0 Å². The monoisotopic (exact) mass is 258 g/mol. The van der Waals surface area contributed by atoms with Gasteiger partial charge in [0.1, 0.15) is 5.75 Å².